The summed E-state index contributed by atoms with van der Waals surface area (Å²) in [7, 11) is 0. The van der Waals surface area contributed by atoms with Gasteiger partial charge in [0, 0.05) is 41.3 Å². The van der Waals surface area contributed by atoms with Crippen LogP contribution in [0.25, 0.3) is 0 Å². The average Bonchev–Trinajstić information content (AvgIpc) is 3.04. The van der Waals surface area contributed by atoms with Crippen LogP contribution in [0.4, 0.5) is 5.95 Å². The molecule has 0 aliphatic carbocycles. The lowest BCUT2D eigenvalue weighted by Crippen LogP contribution is -2.49. The normalized spacial score (nSPS) is 27.6. The van der Waals surface area contributed by atoms with Gasteiger partial charge < -0.3 is 20.5 Å². The minimum absolute atomic E-state index is 0.00533. The van der Waals surface area contributed by atoms with E-state index < -0.39 is 5.54 Å². The molecule has 2 aliphatic heterocycles. The van der Waals surface area contributed by atoms with Crippen molar-refractivity contribution in [3.63, 3.8) is 0 Å². The molecule has 0 radical (unpaired) electrons. The summed E-state index contributed by atoms with van der Waals surface area (Å²) in [6.07, 6.45) is 6.41. The fraction of sp³-hybridized carbons (Fsp3) is 0.600. The number of anilines is 1. The number of rotatable bonds is 4. The van der Waals surface area contributed by atoms with E-state index in [9.17, 15) is 5.11 Å². The van der Waals surface area contributed by atoms with Gasteiger partial charge in [-0.3, -0.25) is 0 Å². The first kappa shape index (κ1) is 20.0. The van der Waals surface area contributed by atoms with Gasteiger partial charge in [-0.25, -0.2) is 9.97 Å². The summed E-state index contributed by atoms with van der Waals surface area (Å²) < 4.78 is 7.24. The largest absolute Gasteiger partial charge is 0.394 e. The van der Waals surface area contributed by atoms with Crippen LogP contribution in [0.2, 0.25) is 4.34 Å². The molecule has 3 N–H and O–H groups in total. The number of aromatic nitrogens is 2. The van der Waals surface area contributed by atoms with E-state index in [2.05, 4.69) is 33.6 Å². The summed E-state index contributed by atoms with van der Waals surface area (Å²) in [5, 5.41) is 16.2. The molecule has 1 fully saturated rings. The Balaban J connectivity index is 1.58. The Kier molecular flexibility index (Phi) is 5.39. The summed E-state index contributed by atoms with van der Waals surface area (Å²) in [6.45, 7) is 6.74. The van der Waals surface area contributed by atoms with Crippen molar-refractivity contribution in [2.24, 2.45) is 0 Å². The quantitative estimate of drug-likeness (QED) is 0.697. The lowest BCUT2D eigenvalue weighted by molar-refractivity contribution is -0.0954. The number of aliphatic hydroxyl groups is 1. The molecule has 2 aliphatic rings. The van der Waals surface area contributed by atoms with Gasteiger partial charge in [-0.15, -0.1) is 11.3 Å². The highest BCUT2D eigenvalue weighted by Gasteiger charge is 2.46. The number of nitrogens with one attached hydrogen (secondary N) is 2. The molecule has 3 unspecified atom stereocenters. The van der Waals surface area contributed by atoms with Crippen molar-refractivity contribution in [3.05, 3.63) is 38.8 Å². The molecule has 4 heterocycles. The number of thiophene rings is 1. The standard InChI is InChI=1S/C20H27ClN4O2S/c1-12-7-20(17-13(4-5-27-20)6-16(21)28-17)8-15(24-12)14-9-22-18(23-10-14)25-19(2,3)11-26/h6,9-10,12,15,24,26H,4-5,7-8,11H2,1-3H3,(H,22,23,25). The van der Waals surface area contributed by atoms with Gasteiger partial charge in [0.1, 0.15) is 5.60 Å². The third-order valence-corrected chi connectivity index (χ3v) is 7.01. The summed E-state index contributed by atoms with van der Waals surface area (Å²) >= 11 is 7.98. The van der Waals surface area contributed by atoms with E-state index in [0.29, 0.717) is 12.0 Å². The van der Waals surface area contributed by atoms with Crippen molar-refractivity contribution >= 4 is 28.9 Å². The molecule has 0 amide bonds. The maximum Gasteiger partial charge on any atom is 0.223 e. The van der Waals surface area contributed by atoms with Crippen LogP contribution >= 0.6 is 22.9 Å². The van der Waals surface area contributed by atoms with Crippen LogP contribution in [-0.2, 0) is 16.8 Å². The minimum Gasteiger partial charge on any atom is -0.394 e. The first-order valence-corrected chi connectivity index (χ1v) is 10.9. The Bertz CT molecular complexity index is 841. The molecule has 1 saturated heterocycles. The first-order valence-electron chi connectivity index (χ1n) is 9.70. The second-order valence-corrected chi connectivity index (χ2v) is 10.2. The molecule has 2 aromatic heterocycles. The van der Waals surface area contributed by atoms with Crippen molar-refractivity contribution < 1.29 is 9.84 Å². The Morgan fingerprint density at radius 1 is 1.39 bits per heavy atom. The third kappa shape index (κ3) is 3.91. The zero-order chi connectivity index (χ0) is 19.9. The number of halogens is 1. The van der Waals surface area contributed by atoms with E-state index in [1.165, 1.54) is 10.4 Å². The predicted molar refractivity (Wildman–Crippen MR) is 112 cm³/mol. The number of ether oxygens (including phenoxy) is 1. The molecule has 1 spiro atoms. The first-order chi connectivity index (χ1) is 13.3. The van der Waals surface area contributed by atoms with Crippen LogP contribution in [0.5, 0.6) is 0 Å². The van der Waals surface area contributed by atoms with Crippen molar-refractivity contribution in [2.75, 3.05) is 18.5 Å². The van der Waals surface area contributed by atoms with Crippen LogP contribution in [0.3, 0.4) is 0 Å². The summed E-state index contributed by atoms with van der Waals surface area (Å²) in [5.41, 5.74) is 1.61. The minimum atomic E-state index is -0.464. The average molecular weight is 423 g/mol. The van der Waals surface area contributed by atoms with Crippen LogP contribution in [0.1, 0.15) is 55.7 Å². The van der Waals surface area contributed by atoms with Gasteiger partial charge in [0.2, 0.25) is 5.95 Å². The van der Waals surface area contributed by atoms with E-state index >= 15 is 0 Å². The van der Waals surface area contributed by atoms with Crippen molar-refractivity contribution in [1.82, 2.24) is 15.3 Å². The lowest BCUT2D eigenvalue weighted by Gasteiger charge is -2.46. The number of nitrogens with zero attached hydrogens (tertiary/aromatic N) is 2. The molecule has 3 atom stereocenters. The van der Waals surface area contributed by atoms with Gasteiger partial charge >= 0.3 is 0 Å². The van der Waals surface area contributed by atoms with E-state index in [-0.39, 0.29) is 18.2 Å². The highest BCUT2D eigenvalue weighted by Crippen LogP contribution is 2.49. The molecule has 8 heteroatoms. The highest BCUT2D eigenvalue weighted by molar-refractivity contribution is 7.16. The van der Waals surface area contributed by atoms with E-state index in [1.807, 2.05) is 26.2 Å². The smallest absolute Gasteiger partial charge is 0.223 e. The Morgan fingerprint density at radius 2 is 2.14 bits per heavy atom. The maximum absolute atomic E-state index is 9.42. The van der Waals surface area contributed by atoms with E-state index in [0.717, 1.165) is 35.8 Å². The Hall–Kier alpha value is -1.25. The highest BCUT2D eigenvalue weighted by atomic mass is 35.5. The van der Waals surface area contributed by atoms with Gasteiger partial charge in [-0.2, -0.15) is 0 Å². The molecule has 0 bridgehead atoms. The molecular weight excluding hydrogens is 396 g/mol. The van der Waals surface area contributed by atoms with Gasteiger partial charge in [0.15, 0.2) is 0 Å². The fourth-order valence-corrected chi connectivity index (χ4v) is 5.66. The molecule has 4 rings (SSSR count). The summed E-state index contributed by atoms with van der Waals surface area (Å²) in [5.74, 6) is 0.516. The van der Waals surface area contributed by atoms with Crippen LogP contribution in [-0.4, -0.2) is 39.9 Å². The summed E-state index contributed by atoms with van der Waals surface area (Å²) in [6, 6.07) is 2.51. The van der Waals surface area contributed by atoms with Crippen LogP contribution in [0.15, 0.2) is 18.5 Å². The Labute approximate surface area is 174 Å². The van der Waals surface area contributed by atoms with Gasteiger partial charge in [0.25, 0.3) is 0 Å². The predicted octanol–water partition coefficient (Wildman–Crippen LogP) is 3.66. The lowest BCUT2D eigenvalue weighted by atomic mass is 9.78. The van der Waals surface area contributed by atoms with Crippen LogP contribution in [0, 0.1) is 0 Å². The second-order valence-electron chi connectivity index (χ2n) is 8.53. The maximum atomic E-state index is 9.42. The molecule has 6 nitrogen and oxygen atoms in total. The van der Waals surface area contributed by atoms with Gasteiger partial charge in [-0.1, -0.05) is 11.6 Å². The third-order valence-electron chi connectivity index (χ3n) is 5.52. The number of fused-ring (bicyclic) bond motifs is 2. The second kappa shape index (κ2) is 7.54. The zero-order valence-electron chi connectivity index (χ0n) is 16.5. The van der Waals surface area contributed by atoms with Crippen molar-refractivity contribution in [2.45, 2.75) is 63.3 Å². The van der Waals surface area contributed by atoms with Crippen molar-refractivity contribution in [3.8, 4) is 0 Å². The molecule has 0 aromatic carbocycles. The van der Waals surface area contributed by atoms with Crippen LogP contribution < -0.4 is 10.6 Å². The Morgan fingerprint density at radius 3 is 2.86 bits per heavy atom. The molecule has 0 saturated carbocycles. The fourth-order valence-electron chi connectivity index (χ4n) is 4.20. The van der Waals surface area contributed by atoms with E-state index in [1.54, 1.807) is 11.3 Å². The number of piperidine rings is 1. The topological polar surface area (TPSA) is 79.3 Å². The van der Waals surface area contributed by atoms with Gasteiger partial charge in [-0.05, 0) is 45.2 Å². The number of hydrogen-bond acceptors (Lipinski definition) is 7. The zero-order valence-corrected chi connectivity index (χ0v) is 18.0. The molecule has 152 valence electrons. The molecule has 2 aromatic rings. The SMILES string of the molecule is CC1CC2(CC(c3cnc(NC(C)(C)CO)nc3)N1)OCCc1cc(Cl)sc12. The monoisotopic (exact) mass is 422 g/mol. The van der Waals surface area contributed by atoms with Crippen molar-refractivity contribution in [1.29, 1.82) is 0 Å². The molecule has 28 heavy (non-hydrogen) atoms. The number of aliphatic hydroxyl groups excluding tert-OH is 1. The number of hydrogen-bond donors (Lipinski definition) is 3. The molecular formula is C20H27ClN4O2S. The van der Waals surface area contributed by atoms with Gasteiger partial charge in [0.05, 0.1) is 23.1 Å². The summed E-state index contributed by atoms with van der Waals surface area (Å²) in [4.78, 5) is 10.2. The van der Waals surface area contributed by atoms with E-state index in [4.69, 9.17) is 16.3 Å².